The highest BCUT2D eigenvalue weighted by Crippen LogP contribution is 2.14. The summed E-state index contributed by atoms with van der Waals surface area (Å²) in [7, 11) is 0. The second-order valence-electron chi connectivity index (χ2n) is 2.75. The summed E-state index contributed by atoms with van der Waals surface area (Å²) in [6.07, 6.45) is 3.03. The van der Waals surface area contributed by atoms with Gasteiger partial charge in [-0.05, 0) is 6.26 Å². The smallest absolute Gasteiger partial charge is 0.190 e. The zero-order valence-corrected chi connectivity index (χ0v) is 7.89. The van der Waals surface area contributed by atoms with Crippen LogP contribution in [0, 0.1) is 0 Å². The van der Waals surface area contributed by atoms with Gasteiger partial charge in [-0.1, -0.05) is 11.8 Å². The van der Waals surface area contributed by atoms with Gasteiger partial charge >= 0.3 is 0 Å². The van der Waals surface area contributed by atoms with Gasteiger partial charge in [-0.15, -0.1) is 10.2 Å². The Hall–Kier alpha value is -0.550. The normalized spacial score (nSPS) is 17.1. The van der Waals surface area contributed by atoms with E-state index < -0.39 is 0 Å². The van der Waals surface area contributed by atoms with Crippen molar-refractivity contribution in [3.63, 3.8) is 0 Å². The van der Waals surface area contributed by atoms with E-state index in [2.05, 4.69) is 20.1 Å². The van der Waals surface area contributed by atoms with Crippen molar-refractivity contribution in [3.8, 4) is 0 Å². The first-order valence-corrected chi connectivity index (χ1v) is 5.31. The number of hydrogen-bond acceptors (Lipinski definition) is 4. The minimum Gasteiger partial charge on any atom is -0.315 e. The number of thioether (sulfide) groups is 1. The molecule has 0 aromatic carbocycles. The van der Waals surface area contributed by atoms with E-state index in [1.54, 1.807) is 11.8 Å². The van der Waals surface area contributed by atoms with E-state index in [-0.39, 0.29) is 0 Å². The molecule has 1 N–H and O–H groups in total. The lowest BCUT2D eigenvalue weighted by Gasteiger charge is -2.02. The molecule has 0 unspecified atom stereocenters. The summed E-state index contributed by atoms with van der Waals surface area (Å²) in [5.74, 6) is 1.12. The van der Waals surface area contributed by atoms with Crippen LogP contribution in [0.4, 0.5) is 0 Å². The molecule has 2 rings (SSSR count). The van der Waals surface area contributed by atoms with Crippen LogP contribution in [-0.4, -0.2) is 34.1 Å². The number of rotatable bonds is 1. The monoisotopic (exact) mass is 184 g/mol. The van der Waals surface area contributed by atoms with E-state index in [1.807, 2.05) is 6.26 Å². The standard InChI is InChI=1S/C7H12N4S/c1-12-7-10-9-6-2-3-8-4-5-11(6)7/h8H,2-5H2,1H3. The SMILES string of the molecule is CSc1nnc2n1CCNCC2. The van der Waals surface area contributed by atoms with Gasteiger partial charge < -0.3 is 9.88 Å². The van der Waals surface area contributed by atoms with Crippen molar-refractivity contribution in [2.75, 3.05) is 19.3 Å². The summed E-state index contributed by atoms with van der Waals surface area (Å²) < 4.78 is 2.20. The lowest BCUT2D eigenvalue weighted by Crippen LogP contribution is -2.17. The Balaban J connectivity index is 2.32. The lowest BCUT2D eigenvalue weighted by molar-refractivity contribution is 0.604. The predicted octanol–water partition coefficient (Wildman–Crippen LogP) is 0.146. The first-order valence-electron chi connectivity index (χ1n) is 4.08. The van der Waals surface area contributed by atoms with Gasteiger partial charge in [0.2, 0.25) is 0 Å². The highest BCUT2D eigenvalue weighted by Gasteiger charge is 2.12. The predicted molar refractivity (Wildman–Crippen MR) is 48.4 cm³/mol. The second kappa shape index (κ2) is 3.45. The first-order chi connectivity index (χ1) is 5.92. The largest absolute Gasteiger partial charge is 0.315 e. The number of fused-ring (bicyclic) bond motifs is 1. The van der Waals surface area contributed by atoms with E-state index >= 15 is 0 Å². The fraction of sp³-hybridized carbons (Fsp3) is 0.714. The molecule has 2 heterocycles. The Morgan fingerprint density at radius 2 is 2.33 bits per heavy atom. The molecule has 1 aromatic rings. The third kappa shape index (κ3) is 1.34. The van der Waals surface area contributed by atoms with Crippen LogP contribution in [0.5, 0.6) is 0 Å². The molecule has 66 valence electrons. The van der Waals surface area contributed by atoms with Gasteiger partial charge in [0.05, 0.1) is 0 Å². The summed E-state index contributed by atoms with van der Waals surface area (Å²) in [5.41, 5.74) is 0. The van der Waals surface area contributed by atoms with Crippen LogP contribution in [0.3, 0.4) is 0 Å². The van der Waals surface area contributed by atoms with E-state index in [9.17, 15) is 0 Å². The Morgan fingerprint density at radius 1 is 1.42 bits per heavy atom. The van der Waals surface area contributed by atoms with E-state index in [0.29, 0.717) is 0 Å². The van der Waals surface area contributed by atoms with Crippen molar-refractivity contribution < 1.29 is 0 Å². The molecule has 1 aliphatic rings. The summed E-state index contributed by atoms with van der Waals surface area (Å²) in [4.78, 5) is 0. The molecule has 1 aliphatic heterocycles. The molecule has 0 spiro atoms. The fourth-order valence-corrected chi connectivity index (χ4v) is 1.94. The number of nitrogens with one attached hydrogen (secondary N) is 1. The topological polar surface area (TPSA) is 42.7 Å². The molecule has 5 heteroatoms. The van der Waals surface area contributed by atoms with Crippen LogP contribution in [0.1, 0.15) is 5.82 Å². The molecular formula is C7H12N4S. The van der Waals surface area contributed by atoms with E-state index in [0.717, 1.165) is 37.0 Å². The van der Waals surface area contributed by atoms with Gasteiger partial charge in [0.1, 0.15) is 5.82 Å². The van der Waals surface area contributed by atoms with Crippen molar-refractivity contribution >= 4 is 11.8 Å². The lowest BCUT2D eigenvalue weighted by atomic mass is 10.4. The zero-order chi connectivity index (χ0) is 8.39. The summed E-state index contributed by atoms with van der Waals surface area (Å²) in [6.45, 7) is 3.05. The summed E-state index contributed by atoms with van der Waals surface area (Å²) in [6, 6.07) is 0. The van der Waals surface area contributed by atoms with Crippen molar-refractivity contribution in [1.29, 1.82) is 0 Å². The average molecular weight is 184 g/mol. The van der Waals surface area contributed by atoms with E-state index in [4.69, 9.17) is 0 Å². The molecule has 0 saturated heterocycles. The van der Waals surface area contributed by atoms with Crippen LogP contribution < -0.4 is 5.32 Å². The van der Waals surface area contributed by atoms with Crippen LogP contribution in [0.25, 0.3) is 0 Å². The molecule has 1 aromatic heterocycles. The molecular weight excluding hydrogens is 172 g/mol. The number of hydrogen-bond donors (Lipinski definition) is 1. The molecule has 0 atom stereocenters. The first kappa shape index (κ1) is 8.07. The Labute approximate surface area is 75.8 Å². The van der Waals surface area contributed by atoms with Crippen molar-refractivity contribution in [3.05, 3.63) is 5.82 Å². The Bertz CT molecular complexity index is 270. The average Bonchev–Trinajstić information content (AvgIpc) is 2.33. The number of aromatic nitrogens is 3. The maximum atomic E-state index is 4.14. The third-order valence-electron chi connectivity index (χ3n) is 2.01. The van der Waals surface area contributed by atoms with Crippen LogP contribution >= 0.6 is 11.8 Å². The molecule has 0 bridgehead atoms. The van der Waals surface area contributed by atoms with Gasteiger partial charge in [-0.25, -0.2) is 0 Å². The van der Waals surface area contributed by atoms with Crippen molar-refractivity contribution in [2.45, 2.75) is 18.1 Å². The highest BCUT2D eigenvalue weighted by molar-refractivity contribution is 7.98. The third-order valence-corrected chi connectivity index (χ3v) is 2.68. The van der Waals surface area contributed by atoms with Gasteiger partial charge in [0, 0.05) is 26.1 Å². The maximum absolute atomic E-state index is 4.14. The molecule has 12 heavy (non-hydrogen) atoms. The van der Waals surface area contributed by atoms with Gasteiger partial charge in [0.15, 0.2) is 5.16 Å². The summed E-state index contributed by atoms with van der Waals surface area (Å²) >= 11 is 1.66. The summed E-state index contributed by atoms with van der Waals surface area (Å²) in [5, 5.41) is 12.6. The van der Waals surface area contributed by atoms with Gasteiger partial charge in [0.25, 0.3) is 0 Å². The fourth-order valence-electron chi connectivity index (χ4n) is 1.40. The molecule has 4 nitrogen and oxygen atoms in total. The quantitative estimate of drug-likeness (QED) is 0.631. The van der Waals surface area contributed by atoms with Crippen molar-refractivity contribution in [2.24, 2.45) is 0 Å². The highest BCUT2D eigenvalue weighted by atomic mass is 32.2. The van der Waals surface area contributed by atoms with Crippen LogP contribution in [-0.2, 0) is 13.0 Å². The van der Waals surface area contributed by atoms with Crippen LogP contribution in [0.15, 0.2) is 5.16 Å². The number of nitrogens with zero attached hydrogens (tertiary/aromatic N) is 3. The zero-order valence-electron chi connectivity index (χ0n) is 7.08. The molecule has 0 amide bonds. The maximum Gasteiger partial charge on any atom is 0.190 e. The molecule has 0 fully saturated rings. The van der Waals surface area contributed by atoms with Crippen LogP contribution in [0.2, 0.25) is 0 Å². The van der Waals surface area contributed by atoms with E-state index in [1.165, 1.54) is 0 Å². The minimum atomic E-state index is 0.994. The van der Waals surface area contributed by atoms with Gasteiger partial charge in [-0.2, -0.15) is 0 Å². The Morgan fingerprint density at radius 3 is 3.17 bits per heavy atom. The molecule has 0 aliphatic carbocycles. The van der Waals surface area contributed by atoms with Crippen molar-refractivity contribution in [1.82, 2.24) is 20.1 Å². The van der Waals surface area contributed by atoms with Gasteiger partial charge in [-0.3, -0.25) is 0 Å². The molecule has 0 radical (unpaired) electrons. The minimum absolute atomic E-state index is 0.994. The second-order valence-corrected chi connectivity index (χ2v) is 3.53. The molecule has 0 saturated carbocycles. The Kier molecular flexibility index (Phi) is 2.32.